The van der Waals surface area contributed by atoms with Gasteiger partial charge in [0.05, 0.1) is 0 Å². The van der Waals surface area contributed by atoms with Crippen LogP contribution in [0.15, 0.2) is 48.8 Å². The molecule has 0 saturated carbocycles. The van der Waals surface area contributed by atoms with Crippen molar-refractivity contribution >= 4 is 11.6 Å². The molecule has 0 spiro atoms. The van der Waals surface area contributed by atoms with Gasteiger partial charge in [0, 0.05) is 43.3 Å². The standard InChI is InChI=1S/C18H21N3O/c22-18(16-8-10-19-11-9-16)20-12-7-15-3-5-17(6-4-15)21-13-1-2-14-21/h3-6,8-11H,1-2,7,12-14H2,(H,20,22). The first-order chi connectivity index (χ1) is 10.8. The fourth-order valence-corrected chi connectivity index (χ4v) is 2.77. The van der Waals surface area contributed by atoms with Gasteiger partial charge in [-0.25, -0.2) is 0 Å². The largest absolute Gasteiger partial charge is 0.372 e. The minimum atomic E-state index is -0.0453. The molecule has 2 aromatic rings. The molecule has 4 nitrogen and oxygen atoms in total. The predicted octanol–water partition coefficient (Wildman–Crippen LogP) is 2.65. The van der Waals surface area contributed by atoms with E-state index in [9.17, 15) is 4.79 Å². The molecule has 0 unspecified atom stereocenters. The van der Waals surface area contributed by atoms with Gasteiger partial charge in [-0.1, -0.05) is 12.1 Å². The summed E-state index contributed by atoms with van der Waals surface area (Å²) < 4.78 is 0. The molecular formula is C18H21N3O. The molecule has 0 bridgehead atoms. The van der Waals surface area contributed by atoms with Gasteiger partial charge in [0.2, 0.25) is 0 Å². The number of amides is 1. The minimum Gasteiger partial charge on any atom is -0.372 e. The van der Waals surface area contributed by atoms with E-state index in [4.69, 9.17) is 0 Å². The van der Waals surface area contributed by atoms with Crippen LogP contribution in [-0.4, -0.2) is 30.5 Å². The molecule has 1 amide bonds. The van der Waals surface area contributed by atoms with Crippen molar-refractivity contribution in [3.63, 3.8) is 0 Å². The van der Waals surface area contributed by atoms with Crippen LogP contribution >= 0.6 is 0 Å². The molecule has 3 rings (SSSR count). The molecular weight excluding hydrogens is 274 g/mol. The van der Waals surface area contributed by atoms with Crippen molar-refractivity contribution in [3.05, 3.63) is 59.9 Å². The van der Waals surface area contributed by atoms with Crippen molar-refractivity contribution in [2.24, 2.45) is 0 Å². The second kappa shape index (κ2) is 7.07. The van der Waals surface area contributed by atoms with E-state index in [-0.39, 0.29) is 5.91 Å². The van der Waals surface area contributed by atoms with Gasteiger partial charge in [-0.3, -0.25) is 9.78 Å². The first-order valence-corrected chi connectivity index (χ1v) is 7.85. The zero-order valence-corrected chi connectivity index (χ0v) is 12.7. The Kier molecular flexibility index (Phi) is 4.68. The second-order valence-electron chi connectivity index (χ2n) is 5.60. The summed E-state index contributed by atoms with van der Waals surface area (Å²) in [5.41, 5.74) is 3.21. The third-order valence-corrected chi connectivity index (χ3v) is 4.05. The molecule has 1 aliphatic rings. The number of aromatic nitrogens is 1. The summed E-state index contributed by atoms with van der Waals surface area (Å²) in [5.74, 6) is -0.0453. The second-order valence-corrected chi connectivity index (χ2v) is 5.60. The number of anilines is 1. The van der Waals surface area contributed by atoms with E-state index in [0.29, 0.717) is 12.1 Å². The first-order valence-electron chi connectivity index (χ1n) is 7.85. The van der Waals surface area contributed by atoms with Gasteiger partial charge in [0.15, 0.2) is 0 Å². The Morgan fingerprint density at radius 2 is 1.73 bits per heavy atom. The van der Waals surface area contributed by atoms with E-state index < -0.39 is 0 Å². The number of carbonyl (C=O) groups excluding carboxylic acids is 1. The maximum absolute atomic E-state index is 11.9. The molecule has 4 heteroatoms. The lowest BCUT2D eigenvalue weighted by Gasteiger charge is -2.17. The van der Waals surface area contributed by atoms with Crippen LogP contribution in [0, 0.1) is 0 Å². The highest BCUT2D eigenvalue weighted by molar-refractivity contribution is 5.93. The predicted molar refractivity (Wildman–Crippen MR) is 88.2 cm³/mol. The normalized spacial score (nSPS) is 14.1. The third kappa shape index (κ3) is 3.64. The number of pyridine rings is 1. The van der Waals surface area contributed by atoms with Crippen LogP contribution in [0.1, 0.15) is 28.8 Å². The Labute approximate surface area is 131 Å². The molecule has 114 valence electrons. The number of rotatable bonds is 5. The molecule has 1 aliphatic heterocycles. The molecule has 1 fully saturated rings. The quantitative estimate of drug-likeness (QED) is 0.922. The zero-order valence-electron chi connectivity index (χ0n) is 12.7. The summed E-state index contributed by atoms with van der Waals surface area (Å²) in [6.07, 6.45) is 6.70. The summed E-state index contributed by atoms with van der Waals surface area (Å²) in [6.45, 7) is 2.98. The average molecular weight is 295 g/mol. The number of carbonyl (C=O) groups is 1. The fourth-order valence-electron chi connectivity index (χ4n) is 2.77. The molecule has 1 N–H and O–H groups in total. The summed E-state index contributed by atoms with van der Waals surface area (Å²) in [5, 5.41) is 2.94. The van der Waals surface area contributed by atoms with Crippen LogP contribution in [0.5, 0.6) is 0 Å². The Morgan fingerprint density at radius 1 is 1.05 bits per heavy atom. The SMILES string of the molecule is O=C(NCCc1ccc(N2CCCC2)cc1)c1ccncc1. The number of hydrogen-bond acceptors (Lipinski definition) is 3. The van der Waals surface area contributed by atoms with E-state index in [1.807, 2.05) is 0 Å². The zero-order chi connectivity index (χ0) is 15.2. The van der Waals surface area contributed by atoms with Gasteiger partial charge in [-0.05, 0) is 49.1 Å². The Morgan fingerprint density at radius 3 is 2.41 bits per heavy atom. The fraction of sp³-hybridized carbons (Fsp3) is 0.333. The average Bonchev–Trinajstić information content (AvgIpc) is 3.11. The van der Waals surface area contributed by atoms with Gasteiger partial charge in [0.25, 0.3) is 5.91 Å². The maximum Gasteiger partial charge on any atom is 0.251 e. The van der Waals surface area contributed by atoms with Crippen molar-refractivity contribution in [2.45, 2.75) is 19.3 Å². The summed E-state index contributed by atoms with van der Waals surface area (Å²) >= 11 is 0. The molecule has 0 atom stereocenters. The lowest BCUT2D eigenvalue weighted by molar-refractivity contribution is 0.0954. The minimum absolute atomic E-state index is 0.0453. The van der Waals surface area contributed by atoms with Crippen LogP contribution in [0.2, 0.25) is 0 Å². The third-order valence-electron chi connectivity index (χ3n) is 4.05. The first kappa shape index (κ1) is 14.6. The van der Waals surface area contributed by atoms with Crippen molar-refractivity contribution < 1.29 is 4.79 Å². The van der Waals surface area contributed by atoms with Gasteiger partial charge >= 0.3 is 0 Å². The summed E-state index contributed by atoms with van der Waals surface area (Å²) in [6, 6.07) is 12.1. The maximum atomic E-state index is 11.9. The van der Waals surface area contributed by atoms with E-state index in [1.165, 1.54) is 37.2 Å². The van der Waals surface area contributed by atoms with Crippen LogP contribution < -0.4 is 10.2 Å². The van der Waals surface area contributed by atoms with Crippen molar-refractivity contribution in [2.75, 3.05) is 24.5 Å². The number of nitrogens with one attached hydrogen (secondary N) is 1. The smallest absolute Gasteiger partial charge is 0.251 e. The summed E-state index contributed by atoms with van der Waals surface area (Å²) in [7, 11) is 0. The lowest BCUT2D eigenvalue weighted by Crippen LogP contribution is -2.25. The monoisotopic (exact) mass is 295 g/mol. The van der Waals surface area contributed by atoms with Crippen LogP contribution in [0.3, 0.4) is 0 Å². The molecule has 0 radical (unpaired) electrons. The number of nitrogens with zero attached hydrogens (tertiary/aromatic N) is 2. The topological polar surface area (TPSA) is 45.2 Å². The number of benzene rings is 1. The summed E-state index contributed by atoms with van der Waals surface area (Å²) in [4.78, 5) is 18.3. The van der Waals surface area contributed by atoms with Gasteiger partial charge in [-0.2, -0.15) is 0 Å². The van der Waals surface area contributed by atoms with Crippen molar-refractivity contribution in [3.8, 4) is 0 Å². The van der Waals surface area contributed by atoms with Gasteiger partial charge in [0.1, 0.15) is 0 Å². The highest BCUT2D eigenvalue weighted by Gasteiger charge is 2.11. The van der Waals surface area contributed by atoms with E-state index >= 15 is 0 Å². The van der Waals surface area contributed by atoms with Crippen LogP contribution in [-0.2, 0) is 6.42 Å². The Balaban J connectivity index is 1.48. The van der Waals surface area contributed by atoms with Gasteiger partial charge in [-0.15, -0.1) is 0 Å². The molecule has 0 aliphatic carbocycles. The highest BCUT2D eigenvalue weighted by atomic mass is 16.1. The Bertz CT molecular complexity index is 604. The van der Waals surface area contributed by atoms with Crippen molar-refractivity contribution in [1.82, 2.24) is 10.3 Å². The molecule has 1 aromatic carbocycles. The van der Waals surface area contributed by atoms with Gasteiger partial charge < -0.3 is 10.2 Å². The lowest BCUT2D eigenvalue weighted by atomic mass is 10.1. The number of hydrogen-bond donors (Lipinski definition) is 1. The van der Waals surface area contributed by atoms with E-state index in [1.54, 1.807) is 24.5 Å². The highest BCUT2D eigenvalue weighted by Crippen LogP contribution is 2.20. The Hall–Kier alpha value is -2.36. The van der Waals surface area contributed by atoms with Crippen LogP contribution in [0.4, 0.5) is 5.69 Å². The molecule has 1 aromatic heterocycles. The van der Waals surface area contributed by atoms with Crippen LogP contribution in [0.25, 0.3) is 0 Å². The molecule has 2 heterocycles. The van der Waals surface area contributed by atoms with E-state index in [2.05, 4.69) is 39.5 Å². The molecule has 22 heavy (non-hydrogen) atoms. The van der Waals surface area contributed by atoms with E-state index in [0.717, 1.165) is 6.42 Å². The molecule has 1 saturated heterocycles. The van der Waals surface area contributed by atoms with Crippen molar-refractivity contribution in [1.29, 1.82) is 0 Å².